The summed E-state index contributed by atoms with van der Waals surface area (Å²) in [7, 11) is 0.845. The Balaban J connectivity index is 3.61. The Morgan fingerprint density at radius 1 is 1.35 bits per heavy atom. The van der Waals surface area contributed by atoms with Crippen LogP contribution in [-0.4, -0.2) is 19.7 Å². The lowest BCUT2D eigenvalue weighted by Crippen LogP contribution is -2.18. The summed E-state index contributed by atoms with van der Waals surface area (Å²) in [6, 6.07) is 2.39. The lowest BCUT2D eigenvalue weighted by Gasteiger charge is -2.16. The molecule has 108 valence electrons. The highest BCUT2D eigenvalue weighted by Crippen LogP contribution is 2.39. The Morgan fingerprint density at radius 3 is 2.35 bits per heavy atom. The second-order valence-electron chi connectivity index (χ2n) is 3.34. The minimum Gasteiger partial charge on any atom is -0.465 e. The fraction of sp³-hybridized carbons (Fsp3) is 0.273. The molecule has 0 amide bonds. The van der Waals surface area contributed by atoms with E-state index in [1.807, 2.05) is 0 Å². The Kier molecular flexibility index (Phi) is 4.49. The topological polar surface area (TPSA) is 59.3 Å². The molecule has 0 bridgehead atoms. The van der Waals surface area contributed by atoms with Crippen LogP contribution in [0.15, 0.2) is 12.1 Å². The molecule has 0 spiro atoms. The fourth-order valence-corrected chi connectivity index (χ4v) is 1.46. The Morgan fingerprint density at radius 2 is 1.95 bits per heavy atom. The van der Waals surface area contributed by atoms with Crippen molar-refractivity contribution < 1.29 is 36.2 Å². The first kappa shape index (κ1) is 15.7. The molecular weight excluding hydrogens is 289 g/mol. The third kappa shape index (κ3) is 3.14. The molecule has 9 heteroatoms. The van der Waals surface area contributed by atoms with Gasteiger partial charge in [-0.1, -0.05) is 0 Å². The first-order valence-corrected chi connectivity index (χ1v) is 4.89. The molecule has 1 aromatic carbocycles. The van der Waals surface area contributed by atoms with Gasteiger partial charge in [0.05, 0.1) is 18.2 Å². The van der Waals surface area contributed by atoms with Crippen molar-refractivity contribution in [1.82, 2.24) is 0 Å². The fourth-order valence-electron chi connectivity index (χ4n) is 1.46. The van der Waals surface area contributed by atoms with Crippen LogP contribution in [0.4, 0.5) is 22.0 Å². The molecule has 0 heterocycles. The number of nitrogens with zero attached hydrogens (tertiary/aromatic N) is 1. The molecule has 0 saturated heterocycles. The lowest BCUT2D eigenvalue weighted by atomic mass is 10.00. The molecule has 0 aliphatic heterocycles. The SMILES string of the molecule is COC(=O)c1ccc(OC(F)F)c(C#N)c1C(F)(F)F. The van der Waals surface area contributed by atoms with Gasteiger partial charge in [0.1, 0.15) is 17.4 Å². The van der Waals surface area contributed by atoms with Gasteiger partial charge in [0.15, 0.2) is 0 Å². The highest BCUT2D eigenvalue weighted by Gasteiger charge is 2.40. The van der Waals surface area contributed by atoms with Crippen molar-refractivity contribution in [2.45, 2.75) is 12.8 Å². The van der Waals surface area contributed by atoms with Crippen molar-refractivity contribution in [1.29, 1.82) is 5.26 Å². The molecule has 0 aromatic heterocycles. The van der Waals surface area contributed by atoms with Crippen LogP contribution < -0.4 is 4.74 Å². The highest BCUT2D eigenvalue weighted by molar-refractivity contribution is 5.92. The Hall–Kier alpha value is -2.37. The monoisotopic (exact) mass is 295 g/mol. The normalized spacial score (nSPS) is 11.1. The highest BCUT2D eigenvalue weighted by atomic mass is 19.4. The number of esters is 1. The van der Waals surface area contributed by atoms with E-state index in [4.69, 9.17) is 5.26 Å². The number of halogens is 5. The van der Waals surface area contributed by atoms with Crippen LogP contribution >= 0.6 is 0 Å². The summed E-state index contributed by atoms with van der Waals surface area (Å²) in [5.41, 5.74) is -3.84. The average Bonchev–Trinajstić information content (AvgIpc) is 2.35. The summed E-state index contributed by atoms with van der Waals surface area (Å²) in [4.78, 5) is 11.3. The second-order valence-corrected chi connectivity index (χ2v) is 3.34. The number of rotatable bonds is 3. The number of ether oxygens (including phenoxy) is 2. The number of carbonyl (C=O) groups excluding carboxylic acids is 1. The number of carbonyl (C=O) groups is 1. The van der Waals surface area contributed by atoms with Crippen LogP contribution in [0.25, 0.3) is 0 Å². The van der Waals surface area contributed by atoms with E-state index in [-0.39, 0.29) is 0 Å². The van der Waals surface area contributed by atoms with Crippen LogP contribution in [0.3, 0.4) is 0 Å². The number of methoxy groups -OCH3 is 1. The van der Waals surface area contributed by atoms with Crippen molar-refractivity contribution in [3.8, 4) is 11.8 Å². The summed E-state index contributed by atoms with van der Waals surface area (Å²) < 4.78 is 70.9. The number of benzene rings is 1. The van der Waals surface area contributed by atoms with Gasteiger partial charge in [-0.15, -0.1) is 0 Å². The summed E-state index contributed by atoms with van der Waals surface area (Å²) in [5, 5.41) is 8.73. The molecule has 0 saturated carbocycles. The zero-order valence-corrected chi connectivity index (χ0v) is 9.79. The van der Waals surface area contributed by atoms with Crippen molar-refractivity contribution in [3.63, 3.8) is 0 Å². The van der Waals surface area contributed by atoms with Crippen LogP contribution in [0.1, 0.15) is 21.5 Å². The first-order valence-electron chi connectivity index (χ1n) is 4.89. The van der Waals surface area contributed by atoms with E-state index in [0.717, 1.165) is 13.2 Å². The van der Waals surface area contributed by atoms with E-state index in [2.05, 4.69) is 9.47 Å². The van der Waals surface area contributed by atoms with Gasteiger partial charge >= 0.3 is 18.8 Å². The number of alkyl halides is 5. The largest absolute Gasteiger partial charge is 0.465 e. The Labute approximate surface area is 109 Å². The van der Waals surface area contributed by atoms with Crippen molar-refractivity contribution in [2.24, 2.45) is 0 Å². The zero-order valence-electron chi connectivity index (χ0n) is 9.79. The third-order valence-electron chi connectivity index (χ3n) is 2.18. The lowest BCUT2D eigenvalue weighted by molar-refractivity contribution is -0.138. The van der Waals surface area contributed by atoms with Crippen LogP contribution in [0.5, 0.6) is 5.75 Å². The number of hydrogen-bond acceptors (Lipinski definition) is 4. The number of nitriles is 1. The van der Waals surface area contributed by atoms with Crippen LogP contribution in [-0.2, 0) is 10.9 Å². The molecule has 1 aromatic rings. The molecular formula is C11H6F5NO3. The molecule has 4 nitrogen and oxygen atoms in total. The predicted octanol–water partition coefficient (Wildman–Crippen LogP) is 2.97. The molecule has 20 heavy (non-hydrogen) atoms. The van der Waals surface area contributed by atoms with Crippen LogP contribution in [0, 0.1) is 11.3 Å². The van der Waals surface area contributed by atoms with E-state index in [9.17, 15) is 26.7 Å². The van der Waals surface area contributed by atoms with Crippen LogP contribution in [0.2, 0.25) is 0 Å². The molecule has 0 fully saturated rings. The van der Waals surface area contributed by atoms with Gasteiger partial charge in [-0.3, -0.25) is 0 Å². The second kappa shape index (κ2) is 5.73. The number of hydrogen-bond donors (Lipinski definition) is 0. The van der Waals surface area contributed by atoms with E-state index >= 15 is 0 Å². The molecule has 0 radical (unpaired) electrons. The molecule has 0 N–H and O–H groups in total. The summed E-state index contributed by atoms with van der Waals surface area (Å²) in [6.07, 6.45) is -5.12. The van der Waals surface area contributed by atoms with E-state index in [1.165, 1.54) is 0 Å². The zero-order chi connectivity index (χ0) is 15.5. The summed E-state index contributed by atoms with van der Waals surface area (Å²) in [6.45, 7) is -3.41. The first-order chi connectivity index (χ1) is 9.22. The van der Waals surface area contributed by atoms with Gasteiger partial charge in [-0.05, 0) is 12.1 Å². The molecule has 1 rings (SSSR count). The van der Waals surface area contributed by atoms with Crippen molar-refractivity contribution in [3.05, 3.63) is 28.8 Å². The molecule has 0 aliphatic rings. The van der Waals surface area contributed by atoms with Crippen molar-refractivity contribution >= 4 is 5.97 Å². The maximum atomic E-state index is 12.9. The van der Waals surface area contributed by atoms with Crippen molar-refractivity contribution in [2.75, 3.05) is 7.11 Å². The van der Waals surface area contributed by atoms with Gasteiger partial charge in [0.25, 0.3) is 0 Å². The van der Waals surface area contributed by atoms with E-state index in [0.29, 0.717) is 12.1 Å². The smallest absolute Gasteiger partial charge is 0.418 e. The Bertz CT molecular complexity index is 562. The summed E-state index contributed by atoms with van der Waals surface area (Å²) in [5.74, 6) is -2.32. The van der Waals surface area contributed by atoms with Gasteiger partial charge in [-0.2, -0.15) is 27.2 Å². The summed E-state index contributed by atoms with van der Waals surface area (Å²) >= 11 is 0. The minimum absolute atomic E-state index is 0.604. The predicted molar refractivity (Wildman–Crippen MR) is 54.1 cm³/mol. The molecule has 0 atom stereocenters. The quantitative estimate of drug-likeness (QED) is 0.635. The maximum Gasteiger partial charge on any atom is 0.418 e. The maximum absolute atomic E-state index is 12.9. The van der Waals surface area contributed by atoms with E-state index in [1.54, 1.807) is 0 Å². The molecule has 0 aliphatic carbocycles. The van der Waals surface area contributed by atoms with Gasteiger partial charge in [-0.25, -0.2) is 4.79 Å². The average molecular weight is 295 g/mol. The van der Waals surface area contributed by atoms with Gasteiger partial charge in [0.2, 0.25) is 0 Å². The molecule has 0 unspecified atom stereocenters. The standard InChI is InChI=1S/C11H6F5NO3/c1-19-9(18)5-2-3-7(20-10(12)13)6(4-17)8(5)11(14,15)16/h2-3,10H,1H3. The third-order valence-corrected chi connectivity index (χ3v) is 2.18. The minimum atomic E-state index is -5.12. The van der Waals surface area contributed by atoms with Gasteiger partial charge in [0, 0.05) is 0 Å². The van der Waals surface area contributed by atoms with Gasteiger partial charge < -0.3 is 9.47 Å². The van der Waals surface area contributed by atoms with E-state index < -0.39 is 41.2 Å².